The van der Waals surface area contributed by atoms with Crippen molar-refractivity contribution in [2.24, 2.45) is 5.73 Å². The summed E-state index contributed by atoms with van der Waals surface area (Å²) in [5.41, 5.74) is 7.72. The summed E-state index contributed by atoms with van der Waals surface area (Å²) in [6.45, 7) is 7.56. The van der Waals surface area contributed by atoms with E-state index in [0.29, 0.717) is 32.3 Å². The third-order valence-corrected chi connectivity index (χ3v) is 9.64. The summed E-state index contributed by atoms with van der Waals surface area (Å²) < 4.78 is 27.4. The summed E-state index contributed by atoms with van der Waals surface area (Å²) in [5, 5.41) is 7.68. The van der Waals surface area contributed by atoms with Crippen molar-refractivity contribution in [3.63, 3.8) is 0 Å². The number of rotatable bonds is 15. The number of nitrogens with one attached hydrogen (secondary N) is 3. The number of carbonyl (C=O) groups is 5. The fourth-order valence-electron chi connectivity index (χ4n) is 4.80. The standard InChI is InChI=1S/C23H25N3O6S.C15H19N3O4S/c1-14(2)32-18-9-10-24-16-11-19(33-20(16)18)21(27)25-12-17(22(28)30-3)26-23(29)31-13-15-7-5-4-6-8-15;1-8(2)22-11-4-5-17-10-6-12(23-13(10)11)14(19)18-7-9(16)15(20)21-3/h4-11,14,17H,12-13H2,1-3H3,(H,25,27)(H,26,29);4-6,8-9H,7,16H2,1-3H3,(H,18,19)/t17-;9-/m11/s1. The number of hydrogen-bond donors (Lipinski definition) is 4. The Kier molecular flexibility index (Phi) is 15.9. The molecule has 3 amide bonds. The predicted molar refractivity (Wildman–Crippen MR) is 211 cm³/mol. The van der Waals surface area contributed by atoms with E-state index in [1.165, 1.54) is 36.9 Å². The molecule has 0 spiro atoms. The zero-order valence-electron chi connectivity index (χ0n) is 31.7. The number of nitrogens with two attached hydrogens (primary N) is 1. The Morgan fingerprint density at radius 1 is 0.714 bits per heavy atom. The number of pyridine rings is 2. The molecule has 298 valence electrons. The molecule has 56 heavy (non-hydrogen) atoms. The number of hydrogen-bond acceptors (Lipinski definition) is 15. The van der Waals surface area contributed by atoms with Gasteiger partial charge in [0.2, 0.25) is 0 Å². The third-order valence-electron chi connectivity index (χ3n) is 7.37. The van der Waals surface area contributed by atoms with Crippen molar-refractivity contribution < 1.29 is 47.7 Å². The molecule has 1 aromatic carbocycles. The maximum Gasteiger partial charge on any atom is 0.408 e. The Balaban J connectivity index is 0.000000265. The van der Waals surface area contributed by atoms with Crippen LogP contribution in [0, 0.1) is 0 Å². The molecule has 5 rings (SSSR count). The highest BCUT2D eigenvalue weighted by Crippen LogP contribution is 2.34. The maximum absolute atomic E-state index is 12.7. The van der Waals surface area contributed by atoms with Gasteiger partial charge in [0.25, 0.3) is 11.8 Å². The van der Waals surface area contributed by atoms with Gasteiger partial charge in [0.05, 0.1) is 56.6 Å². The highest BCUT2D eigenvalue weighted by atomic mass is 32.1. The zero-order valence-corrected chi connectivity index (χ0v) is 33.3. The first kappa shape index (κ1) is 42.9. The smallest absolute Gasteiger partial charge is 0.408 e. The highest BCUT2D eigenvalue weighted by Gasteiger charge is 2.24. The summed E-state index contributed by atoms with van der Waals surface area (Å²) in [6, 6.07) is 14.0. The van der Waals surface area contributed by atoms with Gasteiger partial charge in [-0.25, -0.2) is 9.59 Å². The molecule has 0 aliphatic heterocycles. The number of fused-ring (bicyclic) bond motifs is 2. The van der Waals surface area contributed by atoms with E-state index in [9.17, 15) is 24.0 Å². The van der Waals surface area contributed by atoms with E-state index in [2.05, 4.69) is 30.7 Å². The molecule has 2 atom stereocenters. The minimum absolute atomic E-state index is 0.00251. The van der Waals surface area contributed by atoms with Crippen molar-refractivity contribution in [1.29, 1.82) is 0 Å². The SMILES string of the molecule is COC(=O)[C@@H](CNC(=O)c1cc2nccc(OC(C)C)c2s1)NC(=O)OCc1ccccc1.COC(=O)[C@H](N)CNC(=O)c1cc2nccc(OC(C)C)c2s1. The molecule has 5 aromatic rings. The van der Waals surface area contributed by atoms with Crippen LogP contribution in [0.5, 0.6) is 11.5 Å². The second-order valence-corrected chi connectivity index (χ2v) is 14.5. The number of thiophene rings is 2. The molecule has 0 saturated heterocycles. The van der Waals surface area contributed by atoms with Crippen LogP contribution in [0.15, 0.2) is 67.0 Å². The lowest BCUT2D eigenvalue weighted by atomic mass is 10.2. The lowest BCUT2D eigenvalue weighted by Crippen LogP contribution is -2.49. The van der Waals surface area contributed by atoms with Crippen molar-refractivity contribution in [2.75, 3.05) is 27.3 Å². The number of carbonyl (C=O) groups excluding carboxylic acids is 5. The summed E-state index contributed by atoms with van der Waals surface area (Å²) in [7, 11) is 2.44. The van der Waals surface area contributed by atoms with Gasteiger partial charge in [0.15, 0.2) is 0 Å². The molecule has 0 saturated carbocycles. The van der Waals surface area contributed by atoms with Gasteiger partial charge in [-0.05, 0) is 57.5 Å². The topological polar surface area (TPSA) is 219 Å². The average Bonchev–Trinajstić information content (AvgIpc) is 3.84. The van der Waals surface area contributed by atoms with E-state index in [4.69, 9.17) is 24.7 Å². The normalized spacial score (nSPS) is 11.9. The molecule has 0 fully saturated rings. The molecule has 0 aliphatic carbocycles. The van der Waals surface area contributed by atoms with Crippen LogP contribution in [-0.2, 0) is 30.4 Å². The summed E-state index contributed by atoms with van der Waals surface area (Å²) in [6.07, 6.45) is 2.46. The van der Waals surface area contributed by atoms with E-state index in [1.54, 1.807) is 36.7 Å². The summed E-state index contributed by atoms with van der Waals surface area (Å²) >= 11 is 2.51. The number of ether oxygens (including phenoxy) is 5. The Morgan fingerprint density at radius 3 is 1.70 bits per heavy atom. The zero-order chi connectivity index (χ0) is 40.8. The van der Waals surface area contributed by atoms with Crippen molar-refractivity contribution in [2.45, 2.75) is 58.6 Å². The van der Waals surface area contributed by atoms with E-state index in [1.807, 2.05) is 58.0 Å². The van der Waals surface area contributed by atoms with Gasteiger partial charge in [-0.15, -0.1) is 22.7 Å². The van der Waals surface area contributed by atoms with Crippen molar-refractivity contribution >= 4 is 73.0 Å². The molecular weight excluding hydrogens is 765 g/mol. The molecule has 16 nitrogen and oxygen atoms in total. The molecule has 4 heterocycles. The fraction of sp³-hybridized carbons (Fsp3) is 0.342. The Bertz CT molecular complexity index is 2120. The van der Waals surface area contributed by atoms with Crippen LogP contribution in [-0.4, -0.2) is 91.4 Å². The lowest BCUT2D eigenvalue weighted by Gasteiger charge is -2.17. The monoisotopic (exact) mass is 808 g/mol. The van der Waals surface area contributed by atoms with E-state index in [-0.39, 0.29) is 37.8 Å². The molecule has 0 bridgehead atoms. The molecule has 0 unspecified atom stereocenters. The molecule has 0 aliphatic rings. The second kappa shape index (κ2) is 20.7. The van der Waals surface area contributed by atoms with Gasteiger partial charge >= 0.3 is 18.0 Å². The minimum Gasteiger partial charge on any atom is -0.489 e. The highest BCUT2D eigenvalue weighted by molar-refractivity contribution is 7.21. The molecule has 5 N–H and O–H groups in total. The number of benzene rings is 1. The number of esters is 2. The van der Waals surface area contributed by atoms with E-state index < -0.39 is 36.0 Å². The summed E-state index contributed by atoms with van der Waals surface area (Å²) in [5.74, 6) is -0.673. The van der Waals surface area contributed by atoms with Gasteiger partial charge in [-0.2, -0.15) is 0 Å². The van der Waals surface area contributed by atoms with E-state index >= 15 is 0 Å². The van der Waals surface area contributed by atoms with Crippen molar-refractivity contribution in [3.05, 3.63) is 82.3 Å². The molecule has 0 radical (unpaired) electrons. The Hall–Kier alpha value is -5.85. The van der Waals surface area contributed by atoms with Gasteiger partial charge in [-0.3, -0.25) is 24.4 Å². The van der Waals surface area contributed by atoms with Gasteiger partial charge in [0.1, 0.15) is 30.2 Å². The van der Waals surface area contributed by atoms with Gasteiger partial charge in [-0.1, -0.05) is 30.3 Å². The van der Waals surface area contributed by atoms with Crippen LogP contribution in [0.2, 0.25) is 0 Å². The van der Waals surface area contributed by atoms with Crippen LogP contribution in [0.3, 0.4) is 0 Å². The van der Waals surface area contributed by atoms with Crippen LogP contribution in [0.1, 0.15) is 52.6 Å². The number of nitrogens with zero attached hydrogens (tertiary/aromatic N) is 2. The maximum atomic E-state index is 12.7. The molecule has 4 aromatic heterocycles. The number of alkyl carbamates (subject to hydrolysis) is 1. The quantitative estimate of drug-likeness (QED) is 0.0841. The largest absolute Gasteiger partial charge is 0.489 e. The number of aromatic nitrogens is 2. The first-order chi connectivity index (χ1) is 26.8. The lowest BCUT2D eigenvalue weighted by molar-refractivity contribution is -0.143. The predicted octanol–water partition coefficient (Wildman–Crippen LogP) is 4.59. The van der Waals surface area contributed by atoms with Crippen LogP contribution >= 0.6 is 22.7 Å². The second-order valence-electron chi connectivity index (χ2n) is 12.4. The fourth-order valence-corrected chi connectivity index (χ4v) is 6.77. The first-order valence-corrected chi connectivity index (χ1v) is 19.0. The first-order valence-electron chi connectivity index (χ1n) is 17.3. The van der Waals surface area contributed by atoms with Gasteiger partial charge in [0, 0.05) is 25.5 Å². The number of methoxy groups -OCH3 is 2. The minimum atomic E-state index is -1.12. The average molecular weight is 809 g/mol. The van der Waals surface area contributed by atoms with E-state index in [0.717, 1.165) is 15.0 Å². The van der Waals surface area contributed by atoms with Crippen LogP contribution in [0.4, 0.5) is 4.79 Å². The van der Waals surface area contributed by atoms with Crippen LogP contribution in [0.25, 0.3) is 20.4 Å². The Morgan fingerprint density at radius 2 is 1.21 bits per heavy atom. The molecule has 18 heteroatoms. The van der Waals surface area contributed by atoms with Crippen LogP contribution < -0.4 is 31.2 Å². The summed E-state index contributed by atoms with van der Waals surface area (Å²) in [4.78, 5) is 69.7. The van der Waals surface area contributed by atoms with Crippen molar-refractivity contribution in [1.82, 2.24) is 25.9 Å². The number of amides is 3. The third kappa shape index (κ3) is 12.3. The Labute approximate surface area is 331 Å². The van der Waals surface area contributed by atoms with Gasteiger partial charge < -0.3 is 45.4 Å². The molecular formula is C38H44N6O10S2. The van der Waals surface area contributed by atoms with Crippen molar-refractivity contribution in [3.8, 4) is 11.5 Å².